The maximum atomic E-state index is 12.5. The zero-order valence-electron chi connectivity index (χ0n) is 14.4. The van der Waals surface area contributed by atoms with Gasteiger partial charge in [-0.25, -0.2) is 0 Å². The van der Waals surface area contributed by atoms with Crippen LogP contribution in [0.4, 0.5) is 0 Å². The summed E-state index contributed by atoms with van der Waals surface area (Å²) in [7, 11) is 0. The van der Waals surface area contributed by atoms with Gasteiger partial charge in [0, 0.05) is 28.2 Å². The number of carbonyl (C=O) groups is 2. The summed E-state index contributed by atoms with van der Waals surface area (Å²) in [5.74, 6) is -5.03. The molecule has 1 aromatic rings. The normalized spacial score (nSPS) is 20.3. The highest BCUT2D eigenvalue weighted by Crippen LogP contribution is 2.46. The molecule has 1 aliphatic carbocycles. The first-order chi connectivity index (χ1) is 12.0. The summed E-state index contributed by atoms with van der Waals surface area (Å²) in [6, 6.07) is 0.911. The lowest BCUT2D eigenvalue weighted by Gasteiger charge is -2.28. The third-order valence-electron chi connectivity index (χ3n) is 4.17. The van der Waals surface area contributed by atoms with Crippen molar-refractivity contribution in [3.05, 3.63) is 34.6 Å². The molecular formula is C18H20O8. The Morgan fingerprint density at radius 2 is 1.58 bits per heavy atom. The van der Waals surface area contributed by atoms with Crippen LogP contribution in [0.2, 0.25) is 0 Å². The molecule has 1 aliphatic rings. The van der Waals surface area contributed by atoms with Crippen molar-refractivity contribution in [2.75, 3.05) is 0 Å². The molecule has 0 heterocycles. The molecule has 2 atom stereocenters. The first-order valence-corrected chi connectivity index (χ1v) is 7.83. The number of allylic oxidation sites excluding steroid dienone is 2. The summed E-state index contributed by atoms with van der Waals surface area (Å²) in [6.07, 6.45) is -2.74. The number of hydrogen-bond acceptors (Lipinski definition) is 8. The van der Waals surface area contributed by atoms with Gasteiger partial charge in [-0.2, -0.15) is 0 Å². The van der Waals surface area contributed by atoms with Gasteiger partial charge < -0.3 is 30.6 Å². The van der Waals surface area contributed by atoms with Crippen molar-refractivity contribution >= 4 is 17.1 Å². The van der Waals surface area contributed by atoms with Gasteiger partial charge in [0.15, 0.2) is 23.1 Å². The van der Waals surface area contributed by atoms with Crippen molar-refractivity contribution in [2.24, 2.45) is 5.92 Å². The molecule has 2 unspecified atom stereocenters. The van der Waals surface area contributed by atoms with Crippen LogP contribution in [-0.2, 0) is 4.79 Å². The van der Waals surface area contributed by atoms with Crippen LogP contribution in [0.1, 0.15) is 36.7 Å². The van der Waals surface area contributed by atoms with Gasteiger partial charge in [-0.3, -0.25) is 9.59 Å². The topological polar surface area (TPSA) is 156 Å². The van der Waals surface area contributed by atoms with Crippen molar-refractivity contribution in [1.29, 1.82) is 0 Å². The lowest BCUT2D eigenvalue weighted by molar-refractivity contribution is -0.113. The van der Waals surface area contributed by atoms with E-state index in [4.69, 9.17) is 0 Å². The minimum atomic E-state index is -1.85. The summed E-state index contributed by atoms with van der Waals surface area (Å²) in [5.41, 5.74) is -1.22. The Morgan fingerprint density at radius 3 is 2.08 bits per heavy atom. The molecule has 0 bridgehead atoms. The van der Waals surface area contributed by atoms with Gasteiger partial charge in [-0.1, -0.05) is 13.8 Å². The largest absolute Gasteiger partial charge is 0.509 e. The van der Waals surface area contributed by atoms with E-state index in [1.165, 1.54) is 0 Å². The number of phenols is 3. The Labute approximate surface area is 149 Å². The van der Waals surface area contributed by atoms with Crippen LogP contribution >= 0.6 is 0 Å². The summed E-state index contributed by atoms with van der Waals surface area (Å²) in [6.45, 7) is 4.25. The monoisotopic (exact) mass is 364 g/mol. The van der Waals surface area contributed by atoms with Crippen molar-refractivity contribution in [3.63, 3.8) is 0 Å². The van der Waals surface area contributed by atoms with Crippen LogP contribution in [0.25, 0.3) is 5.57 Å². The molecule has 0 aromatic heterocycles. The Bertz CT molecular complexity index is 847. The molecule has 6 N–H and O–H groups in total. The third kappa shape index (κ3) is 3.04. The maximum absolute atomic E-state index is 12.5. The van der Waals surface area contributed by atoms with E-state index in [9.17, 15) is 40.2 Å². The standard InChI is InChI=1S/C18H20O8/c1-6(2)14(22)9-5-11(21)16(24)18(26)13(9)12-8(7(3)19)4-10(20)15(23)17(12)25/h4-6,15,17,20-21,23-26H,1-3H3. The molecule has 0 amide bonds. The molecule has 0 fully saturated rings. The zero-order chi connectivity index (χ0) is 19.9. The fourth-order valence-corrected chi connectivity index (χ4v) is 2.79. The second-order valence-corrected chi connectivity index (χ2v) is 6.38. The Kier molecular flexibility index (Phi) is 5.11. The molecule has 0 saturated carbocycles. The van der Waals surface area contributed by atoms with Gasteiger partial charge in [0.05, 0.1) is 0 Å². The van der Waals surface area contributed by atoms with E-state index in [0.717, 1.165) is 19.1 Å². The SMILES string of the molecule is CC(=O)C1=C(c2c(C(=O)C(C)C)cc(O)c(O)c2O)C(O)C(O)C(O)=C1. The number of carbonyl (C=O) groups excluding carboxylic acids is 2. The van der Waals surface area contributed by atoms with Crippen LogP contribution in [0.3, 0.4) is 0 Å². The average molecular weight is 364 g/mol. The van der Waals surface area contributed by atoms with E-state index in [1.54, 1.807) is 13.8 Å². The van der Waals surface area contributed by atoms with E-state index in [1.807, 2.05) is 0 Å². The molecule has 2 rings (SSSR count). The number of ketones is 2. The van der Waals surface area contributed by atoms with E-state index in [0.29, 0.717) is 0 Å². The van der Waals surface area contributed by atoms with Gasteiger partial charge >= 0.3 is 0 Å². The van der Waals surface area contributed by atoms with Gasteiger partial charge in [-0.05, 0) is 19.1 Å². The molecular weight excluding hydrogens is 344 g/mol. The molecule has 0 radical (unpaired) electrons. The van der Waals surface area contributed by atoms with E-state index in [-0.39, 0.29) is 22.3 Å². The van der Waals surface area contributed by atoms with Crippen molar-refractivity contribution in [1.82, 2.24) is 0 Å². The number of Topliss-reactive ketones (excluding diaryl/α,β-unsaturated/α-hetero) is 2. The smallest absolute Gasteiger partial charge is 0.200 e. The van der Waals surface area contributed by atoms with Crippen LogP contribution in [0.15, 0.2) is 23.5 Å². The Morgan fingerprint density at radius 1 is 1.00 bits per heavy atom. The molecule has 26 heavy (non-hydrogen) atoms. The highest BCUT2D eigenvalue weighted by molar-refractivity contribution is 6.10. The molecule has 8 nitrogen and oxygen atoms in total. The lowest BCUT2D eigenvalue weighted by atomic mass is 9.81. The number of aliphatic hydroxyl groups is 3. The maximum Gasteiger partial charge on any atom is 0.200 e. The number of aromatic hydroxyl groups is 3. The highest BCUT2D eigenvalue weighted by Gasteiger charge is 2.37. The molecule has 1 aromatic carbocycles. The van der Waals surface area contributed by atoms with Crippen molar-refractivity contribution < 1.29 is 40.2 Å². The number of aliphatic hydroxyl groups excluding tert-OH is 3. The quantitative estimate of drug-likeness (QED) is 0.343. The van der Waals surface area contributed by atoms with Gasteiger partial charge in [-0.15, -0.1) is 0 Å². The number of hydrogen-bond donors (Lipinski definition) is 6. The predicted octanol–water partition coefficient (Wildman–Crippen LogP) is 1.16. The number of phenolic OH excluding ortho intramolecular Hbond substituents is 3. The van der Waals surface area contributed by atoms with Crippen molar-refractivity contribution in [2.45, 2.75) is 33.0 Å². The minimum Gasteiger partial charge on any atom is -0.509 e. The molecule has 8 heteroatoms. The Hall–Kier alpha value is -2.84. The highest BCUT2D eigenvalue weighted by atomic mass is 16.4. The third-order valence-corrected chi connectivity index (χ3v) is 4.17. The summed E-state index contributed by atoms with van der Waals surface area (Å²) < 4.78 is 0. The van der Waals surface area contributed by atoms with Gasteiger partial charge in [0.25, 0.3) is 0 Å². The fraction of sp³-hybridized carbons (Fsp3) is 0.333. The van der Waals surface area contributed by atoms with E-state index < -0.39 is 52.7 Å². The second-order valence-electron chi connectivity index (χ2n) is 6.38. The van der Waals surface area contributed by atoms with E-state index >= 15 is 0 Å². The first-order valence-electron chi connectivity index (χ1n) is 7.83. The van der Waals surface area contributed by atoms with Gasteiger partial charge in [0.1, 0.15) is 18.0 Å². The average Bonchev–Trinajstić information content (AvgIpc) is 2.57. The Balaban J connectivity index is 2.97. The molecule has 0 aliphatic heterocycles. The number of rotatable bonds is 4. The van der Waals surface area contributed by atoms with Gasteiger partial charge in [0.2, 0.25) is 5.75 Å². The fourth-order valence-electron chi connectivity index (χ4n) is 2.79. The van der Waals surface area contributed by atoms with Crippen LogP contribution in [-0.4, -0.2) is 54.4 Å². The second kappa shape index (κ2) is 6.81. The molecule has 0 saturated heterocycles. The molecule has 140 valence electrons. The number of benzene rings is 1. The predicted molar refractivity (Wildman–Crippen MR) is 90.9 cm³/mol. The summed E-state index contributed by atoms with van der Waals surface area (Å²) in [4.78, 5) is 24.5. The van der Waals surface area contributed by atoms with Crippen LogP contribution < -0.4 is 0 Å². The van der Waals surface area contributed by atoms with Crippen molar-refractivity contribution in [3.8, 4) is 17.2 Å². The van der Waals surface area contributed by atoms with Crippen LogP contribution in [0.5, 0.6) is 17.2 Å². The summed E-state index contributed by atoms with van der Waals surface area (Å²) in [5, 5.41) is 60.0. The minimum absolute atomic E-state index is 0.248. The zero-order valence-corrected chi connectivity index (χ0v) is 14.4. The first kappa shape index (κ1) is 19.5. The molecule has 0 spiro atoms. The van der Waals surface area contributed by atoms with Crippen LogP contribution in [0, 0.1) is 5.92 Å². The van der Waals surface area contributed by atoms with E-state index in [2.05, 4.69) is 0 Å². The lowest BCUT2D eigenvalue weighted by Crippen LogP contribution is -2.34. The summed E-state index contributed by atoms with van der Waals surface area (Å²) >= 11 is 0.